The lowest BCUT2D eigenvalue weighted by Gasteiger charge is -2.37. The molecule has 4 aromatic rings. The number of rotatable bonds is 8. The summed E-state index contributed by atoms with van der Waals surface area (Å²) < 4.78 is 6.96. The van der Waals surface area contributed by atoms with Gasteiger partial charge in [-0.25, -0.2) is 5.01 Å². The number of benzene rings is 4. The number of ether oxygens (including phenoxy) is 1. The van der Waals surface area contributed by atoms with Crippen LogP contribution >= 0.6 is 0 Å². The number of aliphatic hydroxyl groups excluding tert-OH is 1. The maximum Gasteiger partial charge on any atom is 0.264 e. The highest BCUT2D eigenvalue weighted by atomic mass is 28.4. The van der Waals surface area contributed by atoms with E-state index >= 15 is 4.79 Å². The molecule has 278 valence electrons. The number of amides is 3. The molecular weight excluding hydrogens is 697 g/mol. The molecule has 3 amide bonds. The first-order chi connectivity index (χ1) is 26.0. The molecule has 0 aromatic heterocycles. The fourth-order valence-corrected chi connectivity index (χ4v) is 11.8. The molecule has 1 spiro atoms. The second kappa shape index (κ2) is 14.0. The Morgan fingerprint density at radius 2 is 1.65 bits per heavy atom. The number of hydrazone groups is 1. The summed E-state index contributed by atoms with van der Waals surface area (Å²) in [5, 5.41) is 16.5. The minimum absolute atomic E-state index is 0.0146. The van der Waals surface area contributed by atoms with E-state index in [1.54, 1.807) is 9.80 Å². The molecule has 1 fully saturated rings. The van der Waals surface area contributed by atoms with Crippen molar-refractivity contribution >= 4 is 43.1 Å². The number of hydrogen-bond donors (Lipinski definition) is 2. The molecule has 10 nitrogen and oxygen atoms in total. The number of fused-ring (bicyclic) bond motifs is 3. The number of carbonyl (C=O) groups excluding carboxylic acids is 3. The fraction of sp³-hybridized carbons (Fsp3) is 0.349. The minimum atomic E-state index is -3.02. The van der Waals surface area contributed by atoms with Gasteiger partial charge in [-0.2, -0.15) is 5.10 Å². The second-order valence-corrected chi connectivity index (χ2v) is 19.6. The van der Waals surface area contributed by atoms with Crippen LogP contribution in [0, 0.1) is 5.92 Å². The van der Waals surface area contributed by atoms with Gasteiger partial charge in [0.1, 0.15) is 0 Å². The summed E-state index contributed by atoms with van der Waals surface area (Å²) in [6.45, 7) is 6.11. The highest BCUT2D eigenvalue weighted by Gasteiger charge is 2.66. The van der Waals surface area contributed by atoms with Crippen molar-refractivity contribution in [1.82, 2.24) is 4.90 Å². The van der Waals surface area contributed by atoms with E-state index in [4.69, 9.17) is 9.84 Å². The zero-order valence-electron chi connectivity index (χ0n) is 30.9. The maximum atomic E-state index is 15.0. The quantitative estimate of drug-likeness (QED) is 0.217. The van der Waals surface area contributed by atoms with Crippen LogP contribution in [-0.4, -0.2) is 65.3 Å². The van der Waals surface area contributed by atoms with Crippen molar-refractivity contribution in [3.63, 3.8) is 0 Å². The van der Waals surface area contributed by atoms with E-state index in [2.05, 4.69) is 0 Å². The summed E-state index contributed by atoms with van der Waals surface area (Å²) in [6, 6.07) is 32.6. The second-order valence-electron chi connectivity index (χ2n) is 15.6. The molecule has 11 heteroatoms. The standard InChI is InChI=1S/C43H46N4O6Si/c1-28-41(54(2,3)52)38(24-40(50)45-26-32-16-8-7-15-31(32)23-34(45)27-48)53-43(28)35-18-9-10-19-37(35)46(42(43)51)25-29-12-11-17-33(22-29)47-39(49)21-20-36(44-47)30-13-5-4-6-14-30/h4-19,22,28,34,38,41,48,52H,20-21,23-27H2,1-3H3/t28-,34+,38+,41-,43+/m1/s1. The molecule has 0 bridgehead atoms. The molecule has 0 radical (unpaired) electrons. The van der Waals surface area contributed by atoms with Gasteiger partial charge in [0.2, 0.25) is 11.8 Å². The first-order valence-corrected chi connectivity index (χ1v) is 21.9. The Morgan fingerprint density at radius 3 is 2.41 bits per heavy atom. The van der Waals surface area contributed by atoms with Crippen LogP contribution in [0.3, 0.4) is 0 Å². The third kappa shape index (κ3) is 6.18. The van der Waals surface area contributed by atoms with Gasteiger partial charge in [0.05, 0.1) is 48.8 Å². The lowest BCUT2D eigenvalue weighted by molar-refractivity contribution is -0.151. The molecule has 0 unspecified atom stereocenters. The van der Waals surface area contributed by atoms with Crippen molar-refractivity contribution in [2.24, 2.45) is 11.0 Å². The van der Waals surface area contributed by atoms with E-state index in [9.17, 15) is 19.5 Å². The summed E-state index contributed by atoms with van der Waals surface area (Å²) >= 11 is 0. The summed E-state index contributed by atoms with van der Waals surface area (Å²) in [4.78, 5) is 57.6. The predicted molar refractivity (Wildman–Crippen MR) is 209 cm³/mol. The summed E-state index contributed by atoms with van der Waals surface area (Å²) in [7, 11) is -3.02. The van der Waals surface area contributed by atoms with Crippen LogP contribution in [0.2, 0.25) is 18.6 Å². The zero-order chi connectivity index (χ0) is 37.8. The van der Waals surface area contributed by atoms with Crippen LogP contribution in [-0.2, 0) is 44.2 Å². The number of aliphatic hydroxyl groups is 1. The third-order valence-electron chi connectivity index (χ3n) is 11.8. The Labute approximate surface area is 316 Å². The molecule has 4 aromatic carbocycles. The fourth-order valence-electron chi connectivity index (χ4n) is 9.28. The Bertz CT molecular complexity index is 2140. The molecule has 4 aliphatic heterocycles. The number of carbonyl (C=O) groups is 3. The molecule has 0 saturated carbocycles. The molecule has 0 aliphatic carbocycles. The van der Waals surface area contributed by atoms with Gasteiger partial charge < -0.3 is 24.4 Å². The van der Waals surface area contributed by atoms with Gasteiger partial charge in [-0.3, -0.25) is 14.4 Å². The van der Waals surface area contributed by atoms with Gasteiger partial charge in [0.25, 0.3) is 5.91 Å². The van der Waals surface area contributed by atoms with E-state index in [0.717, 1.165) is 33.5 Å². The van der Waals surface area contributed by atoms with Crippen LogP contribution in [0.25, 0.3) is 0 Å². The molecule has 2 N–H and O–H groups in total. The van der Waals surface area contributed by atoms with Gasteiger partial charge >= 0.3 is 0 Å². The zero-order valence-corrected chi connectivity index (χ0v) is 31.9. The topological polar surface area (TPSA) is 123 Å². The van der Waals surface area contributed by atoms with Crippen molar-refractivity contribution in [2.75, 3.05) is 16.5 Å². The normalized spacial score (nSPS) is 25.2. The lowest BCUT2D eigenvalue weighted by atomic mass is 9.82. The van der Waals surface area contributed by atoms with Crippen LogP contribution in [0.5, 0.6) is 0 Å². The molecule has 1 saturated heterocycles. The third-order valence-corrected chi connectivity index (χ3v) is 14.3. The van der Waals surface area contributed by atoms with Gasteiger partial charge in [0, 0.05) is 36.4 Å². The van der Waals surface area contributed by atoms with Gasteiger partial charge in [-0.1, -0.05) is 91.9 Å². The van der Waals surface area contributed by atoms with Gasteiger partial charge in [-0.05, 0) is 60.0 Å². The molecular formula is C43H46N4O6Si. The van der Waals surface area contributed by atoms with Crippen LogP contribution in [0.15, 0.2) is 108 Å². The lowest BCUT2D eigenvalue weighted by Crippen LogP contribution is -2.48. The number of hydrogen-bond acceptors (Lipinski definition) is 7. The maximum absolute atomic E-state index is 15.0. The Hall–Kier alpha value is -4.94. The van der Waals surface area contributed by atoms with Crippen LogP contribution < -0.4 is 9.91 Å². The number of anilines is 2. The highest BCUT2D eigenvalue weighted by molar-refractivity contribution is 6.71. The number of para-hydroxylation sites is 1. The van der Waals surface area contributed by atoms with E-state index in [1.165, 1.54) is 5.01 Å². The average Bonchev–Trinajstić information content (AvgIpc) is 3.60. The van der Waals surface area contributed by atoms with Crippen LogP contribution in [0.4, 0.5) is 11.4 Å². The van der Waals surface area contributed by atoms with Gasteiger partial charge in [-0.15, -0.1) is 0 Å². The largest absolute Gasteiger partial charge is 0.432 e. The van der Waals surface area contributed by atoms with Crippen molar-refractivity contribution in [1.29, 1.82) is 0 Å². The molecule has 54 heavy (non-hydrogen) atoms. The van der Waals surface area contributed by atoms with E-state index in [1.807, 2.05) is 123 Å². The first kappa shape index (κ1) is 36.1. The monoisotopic (exact) mass is 742 g/mol. The molecule has 4 aliphatic rings. The van der Waals surface area contributed by atoms with Gasteiger partial charge in [0.15, 0.2) is 13.9 Å². The minimum Gasteiger partial charge on any atom is -0.432 e. The van der Waals surface area contributed by atoms with Crippen molar-refractivity contribution in [3.05, 3.63) is 131 Å². The Kier molecular flexibility index (Phi) is 9.37. The highest BCUT2D eigenvalue weighted by Crippen LogP contribution is 2.59. The average molecular weight is 743 g/mol. The summed E-state index contributed by atoms with van der Waals surface area (Å²) in [6.07, 6.45) is 0.738. The van der Waals surface area contributed by atoms with Crippen LogP contribution in [0.1, 0.15) is 54.0 Å². The van der Waals surface area contributed by atoms with Crippen molar-refractivity contribution in [2.45, 2.75) is 82.1 Å². The van der Waals surface area contributed by atoms with Crippen molar-refractivity contribution < 1.29 is 29.0 Å². The smallest absolute Gasteiger partial charge is 0.264 e. The predicted octanol–water partition coefficient (Wildman–Crippen LogP) is 5.90. The SMILES string of the molecule is C[C@@H]1[C@@H]([Si](C)(C)O)[C@H](CC(=O)N2Cc3ccccc3C[C@H]2CO)O[C@@]12C(=O)N(Cc1cccc(N3N=C(c4ccccc4)CCC3=O)c1)c1ccccc12. The Morgan fingerprint density at radius 1 is 0.926 bits per heavy atom. The van der Waals surface area contributed by atoms with E-state index < -0.39 is 31.5 Å². The molecule has 4 heterocycles. The van der Waals surface area contributed by atoms with E-state index in [-0.39, 0.29) is 43.3 Å². The molecule has 8 rings (SSSR count). The number of nitrogens with zero attached hydrogens (tertiary/aromatic N) is 4. The Balaban J connectivity index is 1.09. The molecule has 5 atom stereocenters. The van der Waals surface area contributed by atoms with Crippen molar-refractivity contribution in [3.8, 4) is 0 Å². The first-order valence-electron chi connectivity index (χ1n) is 18.8. The summed E-state index contributed by atoms with van der Waals surface area (Å²) in [5.41, 5.74) is 5.04. The summed E-state index contributed by atoms with van der Waals surface area (Å²) in [5.74, 6) is -0.931. The van der Waals surface area contributed by atoms with E-state index in [0.29, 0.717) is 37.2 Å².